The first-order valence-corrected chi connectivity index (χ1v) is 6.04. The van der Waals surface area contributed by atoms with Crippen molar-refractivity contribution >= 4 is 17.0 Å². The lowest BCUT2D eigenvalue weighted by Crippen LogP contribution is -2.08. The fourth-order valence-corrected chi connectivity index (χ4v) is 2.08. The number of aliphatic hydroxyl groups excluding tert-OH is 1. The first-order valence-electron chi connectivity index (χ1n) is 6.04. The largest absolute Gasteiger partial charge is 0.493 e. The van der Waals surface area contributed by atoms with Gasteiger partial charge in [0.1, 0.15) is 12.4 Å². The Kier molecular flexibility index (Phi) is 4.09. The summed E-state index contributed by atoms with van der Waals surface area (Å²) in [5, 5.41) is 18.1. The summed E-state index contributed by atoms with van der Waals surface area (Å²) in [6.07, 6.45) is -0.0488. The Morgan fingerprint density at radius 1 is 1.30 bits per heavy atom. The summed E-state index contributed by atoms with van der Waals surface area (Å²) in [5.41, 5.74) is 1.32. The number of carboxylic acids is 1. The van der Waals surface area contributed by atoms with E-state index in [1.54, 1.807) is 16.7 Å². The van der Waals surface area contributed by atoms with E-state index in [-0.39, 0.29) is 19.6 Å². The topological polar surface area (TPSA) is 93.8 Å². The van der Waals surface area contributed by atoms with E-state index in [2.05, 4.69) is 4.98 Å². The van der Waals surface area contributed by atoms with Crippen LogP contribution in [0.2, 0.25) is 0 Å². The smallest absolute Gasteiger partial charge is 0.305 e. The number of aryl methyl sites for hydroxylation is 1. The van der Waals surface area contributed by atoms with E-state index >= 15 is 0 Å². The number of hydrogen-bond acceptors (Lipinski definition) is 5. The Morgan fingerprint density at radius 3 is 2.50 bits per heavy atom. The third-order valence-electron chi connectivity index (χ3n) is 3.02. The van der Waals surface area contributed by atoms with Crippen LogP contribution in [0.5, 0.6) is 11.5 Å². The fraction of sp³-hybridized carbons (Fsp3) is 0.385. The number of hydrogen-bond donors (Lipinski definition) is 2. The van der Waals surface area contributed by atoms with Crippen molar-refractivity contribution in [1.82, 2.24) is 9.55 Å². The lowest BCUT2D eigenvalue weighted by atomic mass is 10.2. The molecule has 0 atom stereocenters. The van der Waals surface area contributed by atoms with Crippen LogP contribution in [0, 0.1) is 0 Å². The highest BCUT2D eigenvalue weighted by atomic mass is 16.5. The van der Waals surface area contributed by atoms with Gasteiger partial charge in [-0.3, -0.25) is 4.79 Å². The summed E-state index contributed by atoms with van der Waals surface area (Å²) in [6.45, 7) is -0.0316. The van der Waals surface area contributed by atoms with Gasteiger partial charge in [0.2, 0.25) is 0 Å². The molecule has 0 spiro atoms. The standard InChI is InChI=1S/C13H16N2O5/c1-19-10-5-8-9(6-11(10)20-2)15(4-3-13(17)18)12(7-16)14-8/h5-6,16H,3-4,7H2,1-2H3,(H,17,18). The van der Waals surface area contributed by atoms with Crippen molar-refractivity contribution in [2.45, 2.75) is 19.6 Å². The van der Waals surface area contributed by atoms with Gasteiger partial charge < -0.3 is 24.3 Å². The summed E-state index contributed by atoms with van der Waals surface area (Å²) in [5.74, 6) is 0.570. The second-order valence-electron chi connectivity index (χ2n) is 4.18. The number of aromatic nitrogens is 2. The Hall–Kier alpha value is -2.28. The Morgan fingerprint density at radius 2 is 1.95 bits per heavy atom. The zero-order valence-electron chi connectivity index (χ0n) is 11.3. The summed E-state index contributed by atoms with van der Waals surface area (Å²) >= 11 is 0. The van der Waals surface area contributed by atoms with Crippen molar-refractivity contribution in [3.8, 4) is 11.5 Å². The molecular weight excluding hydrogens is 264 g/mol. The van der Waals surface area contributed by atoms with Crippen LogP contribution < -0.4 is 9.47 Å². The third-order valence-corrected chi connectivity index (χ3v) is 3.02. The average molecular weight is 280 g/mol. The molecule has 0 amide bonds. The van der Waals surface area contributed by atoms with Gasteiger partial charge >= 0.3 is 5.97 Å². The zero-order chi connectivity index (χ0) is 14.7. The maximum Gasteiger partial charge on any atom is 0.305 e. The molecule has 0 fully saturated rings. The zero-order valence-corrected chi connectivity index (χ0v) is 11.3. The molecule has 0 aliphatic rings. The van der Waals surface area contributed by atoms with Gasteiger partial charge in [0.05, 0.1) is 31.7 Å². The minimum absolute atomic E-state index is 0.0488. The number of rotatable bonds is 6. The molecule has 2 N–H and O–H groups in total. The normalized spacial score (nSPS) is 10.8. The van der Waals surface area contributed by atoms with Crippen molar-refractivity contribution in [1.29, 1.82) is 0 Å². The van der Waals surface area contributed by atoms with Crippen LogP contribution in [0.15, 0.2) is 12.1 Å². The highest BCUT2D eigenvalue weighted by Gasteiger charge is 2.15. The molecule has 7 heteroatoms. The molecule has 20 heavy (non-hydrogen) atoms. The van der Waals surface area contributed by atoms with Gasteiger partial charge in [0, 0.05) is 18.7 Å². The molecule has 2 aromatic rings. The number of methoxy groups -OCH3 is 2. The minimum Gasteiger partial charge on any atom is -0.493 e. The van der Waals surface area contributed by atoms with Crippen LogP contribution in [-0.2, 0) is 17.9 Å². The molecule has 0 saturated carbocycles. The van der Waals surface area contributed by atoms with Gasteiger partial charge in [-0.05, 0) is 0 Å². The molecule has 0 aliphatic carbocycles. The van der Waals surface area contributed by atoms with E-state index in [9.17, 15) is 9.90 Å². The number of nitrogens with zero attached hydrogens (tertiary/aromatic N) is 2. The maximum atomic E-state index is 10.7. The van der Waals surface area contributed by atoms with Crippen LogP contribution >= 0.6 is 0 Å². The number of carbonyl (C=O) groups is 1. The van der Waals surface area contributed by atoms with Crippen LogP contribution in [0.3, 0.4) is 0 Å². The quantitative estimate of drug-likeness (QED) is 0.820. The predicted molar refractivity (Wildman–Crippen MR) is 71.0 cm³/mol. The van der Waals surface area contributed by atoms with Gasteiger partial charge in [-0.25, -0.2) is 4.98 Å². The third kappa shape index (κ3) is 2.53. The van der Waals surface area contributed by atoms with Crippen molar-refractivity contribution in [3.63, 3.8) is 0 Å². The monoisotopic (exact) mass is 280 g/mol. The molecule has 7 nitrogen and oxygen atoms in total. The molecule has 0 bridgehead atoms. The first-order chi connectivity index (χ1) is 9.60. The van der Waals surface area contributed by atoms with Crippen molar-refractivity contribution in [2.24, 2.45) is 0 Å². The molecule has 0 unspecified atom stereocenters. The molecule has 0 radical (unpaired) electrons. The van der Waals surface area contributed by atoms with Gasteiger partial charge in [0.25, 0.3) is 0 Å². The predicted octanol–water partition coefficient (Wildman–Crippen LogP) is 1.02. The van der Waals surface area contributed by atoms with Crippen molar-refractivity contribution < 1.29 is 24.5 Å². The fourth-order valence-electron chi connectivity index (χ4n) is 2.08. The second-order valence-corrected chi connectivity index (χ2v) is 4.18. The molecular formula is C13H16N2O5. The van der Waals surface area contributed by atoms with Gasteiger partial charge in [-0.2, -0.15) is 0 Å². The Bertz CT molecular complexity index is 635. The second kappa shape index (κ2) is 5.79. The lowest BCUT2D eigenvalue weighted by Gasteiger charge is -2.09. The summed E-state index contributed by atoms with van der Waals surface area (Å²) in [4.78, 5) is 15.0. The van der Waals surface area contributed by atoms with E-state index in [4.69, 9.17) is 14.6 Å². The van der Waals surface area contributed by atoms with Gasteiger partial charge in [0.15, 0.2) is 11.5 Å². The maximum absolute atomic E-state index is 10.7. The number of carboxylic acid groups (broad SMARTS) is 1. The molecule has 0 saturated heterocycles. The minimum atomic E-state index is -0.906. The Balaban J connectivity index is 2.55. The SMILES string of the molecule is COc1cc2nc(CO)n(CCC(=O)O)c2cc1OC. The van der Waals surface area contributed by atoms with E-state index < -0.39 is 5.97 Å². The molecule has 1 heterocycles. The molecule has 108 valence electrons. The summed E-state index contributed by atoms with van der Waals surface area (Å²) < 4.78 is 12.1. The van der Waals surface area contributed by atoms with Gasteiger partial charge in [-0.15, -0.1) is 0 Å². The molecule has 1 aromatic carbocycles. The highest BCUT2D eigenvalue weighted by molar-refractivity contribution is 5.81. The number of ether oxygens (including phenoxy) is 2. The van der Waals surface area contributed by atoms with E-state index in [0.717, 1.165) is 0 Å². The lowest BCUT2D eigenvalue weighted by molar-refractivity contribution is -0.137. The summed E-state index contributed by atoms with van der Waals surface area (Å²) in [6, 6.07) is 3.42. The average Bonchev–Trinajstić information content (AvgIpc) is 2.79. The van der Waals surface area contributed by atoms with Crippen LogP contribution in [0.4, 0.5) is 0 Å². The highest BCUT2D eigenvalue weighted by Crippen LogP contribution is 2.32. The Labute approximate surface area is 115 Å². The van der Waals surface area contributed by atoms with E-state index in [1.165, 1.54) is 14.2 Å². The van der Waals surface area contributed by atoms with Crippen molar-refractivity contribution in [3.05, 3.63) is 18.0 Å². The van der Waals surface area contributed by atoms with E-state index in [1.807, 2.05) is 0 Å². The van der Waals surface area contributed by atoms with E-state index in [0.29, 0.717) is 28.4 Å². The number of aliphatic hydroxyl groups is 1. The number of benzene rings is 1. The first kappa shape index (κ1) is 14.1. The van der Waals surface area contributed by atoms with Crippen LogP contribution in [0.1, 0.15) is 12.2 Å². The number of aliphatic carboxylic acids is 1. The number of fused-ring (bicyclic) bond motifs is 1. The molecule has 1 aromatic heterocycles. The van der Waals surface area contributed by atoms with Crippen LogP contribution in [0.25, 0.3) is 11.0 Å². The van der Waals surface area contributed by atoms with Crippen LogP contribution in [-0.4, -0.2) is 40.0 Å². The molecule has 0 aliphatic heterocycles. The number of imidazole rings is 1. The summed E-state index contributed by atoms with van der Waals surface area (Å²) in [7, 11) is 3.05. The van der Waals surface area contributed by atoms with Gasteiger partial charge in [-0.1, -0.05) is 0 Å². The van der Waals surface area contributed by atoms with Crippen molar-refractivity contribution in [2.75, 3.05) is 14.2 Å². The molecule has 2 rings (SSSR count).